The summed E-state index contributed by atoms with van der Waals surface area (Å²) in [7, 11) is 0. The number of allylic oxidation sites excluding steroid dienone is 1. The molecule has 3 heteroatoms. The summed E-state index contributed by atoms with van der Waals surface area (Å²) < 4.78 is 5.78. The molecule has 0 bridgehead atoms. The molecule has 1 aliphatic heterocycles. The van der Waals surface area contributed by atoms with Crippen molar-refractivity contribution < 1.29 is 9.53 Å². The van der Waals surface area contributed by atoms with Crippen LogP contribution in [0.15, 0.2) is 60.7 Å². The Balaban J connectivity index is 1.14. The van der Waals surface area contributed by atoms with Gasteiger partial charge in [-0.15, -0.1) is 0 Å². The van der Waals surface area contributed by atoms with Gasteiger partial charge in [-0.3, -0.25) is 4.79 Å². The second kappa shape index (κ2) is 14.6. The summed E-state index contributed by atoms with van der Waals surface area (Å²) in [6.07, 6.45) is 17.8. The predicted molar refractivity (Wildman–Crippen MR) is 134 cm³/mol. The standard InChI is InChI=1S/C29H39NO2/c31-25-30-22-13-17-29(30)24-32-23-12-7-5-3-1-2-4-6-9-14-26-18-20-28(21-19-26)27-15-10-8-11-16-27/h8-11,14-16,18-21,25,29H,1-7,12-13,17,22-24H2/b14-9+/t29-/m0/s1. The zero-order valence-electron chi connectivity index (χ0n) is 19.5. The SMILES string of the molecule is O=CN1CCC[C@H]1COCCCCCCCCC/C=C/c1ccc(-c2ccccc2)cc1. The minimum atomic E-state index is 0.315. The van der Waals surface area contributed by atoms with E-state index >= 15 is 0 Å². The van der Waals surface area contributed by atoms with Crippen LogP contribution in [-0.4, -0.2) is 37.1 Å². The molecule has 1 heterocycles. The maximum absolute atomic E-state index is 10.9. The molecular formula is C29H39NO2. The number of ether oxygens (including phenoxy) is 1. The highest BCUT2D eigenvalue weighted by molar-refractivity contribution is 5.65. The van der Waals surface area contributed by atoms with Crippen LogP contribution in [-0.2, 0) is 9.53 Å². The molecule has 0 radical (unpaired) electrons. The normalized spacial score (nSPS) is 16.1. The van der Waals surface area contributed by atoms with Crippen molar-refractivity contribution in [2.45, 2.75) is 70.3 Å². The van der Waals surface area contributed by atoms with E-state index in [1.54, 1.807) is 0 Å². The monoisotopic (exact) mass is 433 g/mol. The summed E-state index contributed by atoms with van der Waals surface area (Å²) in [4.78, 5) is 12.8. The zero-order chi connectivity index (χ0) is 22.3. The van der Waals surface area contributed by atoms with Gasteiger partial charge < -0.3 is 9.64 Å². The summed E-state index contributed by atoms with van der Waals surface area (Å²) >= 11 is 0. The van der Waals surface area contributed by atoms with Crippen molar-refractivity contribution in [3.05, 3.63) is 66.2 Å². The fourth-order valence-electron chi connectivity index (χ4n) is 4.38. The smallest absolute Gasteiger partial charge is 0.210 e. The van der Waals surface area contributed by atoms with Crippen molar-refractivity contribution in [2.75, 3.05) is 19.8 Å². The molecule has 0 aliphatic carbocycles. The Bertz CT molecular complexity index is 785. The minimum Gasteiger partial charge on any atom is -0.379 e. The molecule has 1 aliphatic rings. The molecule has 3 rings (SSSR count). The molecule has 1 fully saturated rings. The molecule has 2 aromatic rings. The van der Waals surface area contributed by atoms with Crippen LogP contribution in [0.2, 0.25) is 0 Å². The van der Waals surface area contributed by atoms with E-state index in [0.717, 1.165) is 45.2 Å². The van der Waals surface area contributed by atoms with Crippen molar-refractivity contribution in [3.8, 4) is 11.1 Å². The summed E-state index contributed by atoms with van der Waals surface area (Å²) in [5, 5.41) is 0. The zero-order valence-corrected chi connectivity index (χ0v) is 19.5. The van der Waals surface area contributed by atoms with E-state index in [4.69, 9.17) is 4.74 Å². The third kappa shape index (κ3) is 8.63. The molecule has 0 spiro atoms. The number of hydrogen-bond donors (Lipinski definition) is 0. The van der Waals surface area contributed by atoms with Crippen molar-refractivity contribution in [3.63, 3.8) is 0 Å². The van der Waals surface area contributed by atoms with E-state index in [2.05, 4.69) is 66.7 Å². The first kappa shape index (κ1) is 24.3. The van der Waals surface area contributed by atoms with Gasteiger partial charge in [-0.05, 0) is 48.8 Å². The van der Waals surface area contributed by atoms with Crippen LogP contribution >= 0.6 is 0 Å². The molecule has 0 aromatic heterocycles. The first-order chi connectivity index (χ1) is 15.9. The van der Waals surface area contributed by atoms with Crippen LogP contribution in [0.5, 0.6) is 0 Å². The summed E-state index contributed by atoms with van der Waals surface area (Å²) in [6, 6.07) is 19.7. The number of likely N-dealkylation sites (tertiary alicyclic amines) is 1. The lowest BCUT2D eigenvalue weighted by Gasteiger charge is -2.19. The molecular weight excluding hydrogens is 394 g/mol. The third-order valence-corrected chi connectivity index (χ3v) is 6.36. The van der Waals surface area contributed by atoms with Crippen molar-refractivity contribution >= 4 is 12.5 Å². The van der Waals surface area contributed by atoms with Gasteiger partial charge >= 0.3 is 0 Å². The van der Waals surface area contributed by atoms with Gasteiger partial charge in [0, 0.05) is 13.2 Å². The van der Waals surface area contributed by atoms with Gasteiger partial charge in [0.1, 0.15) is 0 Å². The average Bonchev–Trinajstić information content (AvgIpc) is 3.30. The first-order valence-electron chi connectivity index (χ1n) is 12.5. The highest BCUT2D eigenvalue weighted by Crippen LogP contribution is 2.20. The van der Waals surface area contributed by atoms with Crippen molar-refractivity contribution in [2.24, 2.45) is 0 Å². The lowest BCUT2D eigenvalue weighted by atomic mass is 10.0. The largest absolute Gasteiger partial charge is 0.379 e. The van der Waals surface area contributed by atoms with Crippen molar-refractivity contribution in [1.29, 1.82) is 0 Å². The Kier molecular flexibility index (Phi) is 11.1. The number of hydrogen-bond acceptors (Lipinski definition) is 2. The van der Waals surface area contributed by atoms with Crippen LogP contribution < -0.4 is 0 Å². The first-order valence-corrected chi connectivity index (χ1v) is 12.5. The third-order valence-electron chi connectivity index (χ3n) is 6.36. The number of carbonyl (C=O) groups excluding carboxylic acids is 1. The molecule has 0 N–H and O–H groups in total. The number of benzene rings is 2. The molecule has 1 saturated heterocycles. The molecule has 2 aromatic carbocycles. The van der Waals surface area contributed by atoms with Crippen LogP contribution in [0.1, 0.15) is 69.8 Å². The summed E-state index contributed by atoms with van der Waals surface area (Å²) in [5.41, 5.74) is 3.82. The number of carbonyl (C=O) groups is 1. The Morgan fingerprint density at radius 2 is 1.53 bits per heavy atom. The molecule has 3 nitrogen and oxygen atoms in total. The number of nitrogens with zero attached hydrogens (tertiary/aromatic N) is 1. The van der Waals surface area contributed by atoms with Gasteiger partial charge in [0.05, 0.1) is 12.6 Å². The molecule has 1 amide bonds. The second-order valence-corrected chi connectivity index (χ2v) is 8.87. The average molecular weight is 434 g/mol. The Morgan fingerprint density at radius 3 is 2.28 bits per heavy atom. The Morgan fingerprint density at radius 1 is 0.844 bits per heavy atom. The molecule has 32 heavy (non-hydrogen) atoms. The van der Waals surface area contributed by atoms with Gasteiger partial charge in [0.15, 0.2) is 0 Å². The van der Waals surface area contributed by atoms with E-state index in [-0.39, 0.29) is 0 Å². The van der Waals surface area contributed by atoms with Crippen LogP contribution in [0.3, 0.4) is 0 Å². The van der Waals surface area contributed by atoms with Crippen LogP contribution in [0.25, 0.3) is 17.2 Å². The van der Waals surface area contributed by atoms with Gasteiger partial charge in [-0.1, -0.05) is 98.9 Å². The summed E-state index contributed by atoms with van der Waals surface area (Å²) in [5.74, 6) is 0. The second-order valence-electron chi connectivity index (χ2n) is 8.87. The van der Waals surface area contributed by atoms with Gasteiger partial charge in [-0.2, -0.15) is 0 Å². The van der Waals surface area contributed by atoms with Gasteiger partial charge in [0.25, 0.3) is 0 Å². The van der Waals surface area contributed by atoms with E-state index in [1.165, 1.54) is 55.2 Å². The lowest BCUT2D eigenvalue weighted by Crippen LogP contribution is -2.31. The Labute approximate surface area is 194 Å². The van der Waals surface area contributed by atoms with Crippen molar-refractivity contribution in [1.82, 2.24) is 4.90 Å². The predicted octanol–water partition coefficient (Wildman–Crippen LogP) is 7.13. The lowest BCUT2D eigenvalue weighted by molar-refractivity contribution is -0.119. The maximum Gasteiger partial charge on any atom is 0.210 e. The van der Waals surface area contributed by atoms with Crippen LogP contribution in [0, 0.1) is 0 Å². The Hall–Kier alpha value is -2.39. The maximum atomic E-state index is 10.9. The van der Waals surface area contributed by atoms with E-state index < -0.39 is 0 Å². The minimum absolute atomic E-state index is 0.315. The molecule has 1 atom stereocenters. The fraction of sp³-hybridized carbons (Fsp3) is 0.483. The van der Waals surface area contributed by atoms with Gasteiger partial charge in [0.2, 0.25) is 6.41 Å². The quantitative estimate of drug-likeness (QED) is 0.221. The van der Waals surface area contributed by atoms with Crippen LogP contribution in [0.4, 0.5) is 0 Å². The topological polar surface area (TPSA) is 29.5 Å². The van der Waals surface area contributed by atoms with Gasteiger partial charge in [-0.25, -0.2) is 0 Å². The molecule has 0 saturated carbocycles. The summed E-state index contributed by atoms with van der Waals surface area (Å²) in [6.45, 7) is 2.44. The number of amides is 1. The van der Waals surface area contributed by atoms with E-state index in [0.29, 0.717) is 12.6 Å². The molecule has 0 unspecified atom stereocenters. The highest BCUT2D eigenvalue weighted by Gasteiger charge is 2.22. The number of rotatable bonds is 15. The fourth-order valence-corrected chi connectivity index (χ4v) is 4.38. The number of unbranched alkanes of at least 4 members (excludes halogenated alkanes) is 7. The highest BCUT2D eigenvalue weighted by atomic mass is 16.5. The molecule has 172 valence electrons. The van der Waals surface area contributed by atoms with E-state index in [9.17, 15) is 4.79 Å². The van der Waals surface area contributed by atoms with E-state index in [1.807, 2.05) is 4.90 Å².